The van der Waals surface area contributed by atoms with Gasteiger partial charge in [0.2, 0.25) is 0 Å². The zero-order valence-electron chi connectivity index (χ0n) is 12.8. The number of aromatic nitrogens is 2. The highest BCUT2D eigenvalue weighted by atomic mass is 16.3. The molecule has 0 atom stereocenters. The van der Waals surface area contributed by atoms with E-state index in [2.05, 4.69) is 20.7 Å². The number of hydrazone groups is 1. The van der Waals surface area contributed by atoms with Crippen LogP contribution in [0.1, 0.15) is 28.7 Å². The molecule has 1 heterocycles. The molecule has 6 heteroatoms. The predicted molar refractivity (Wildman–Crippen MR) is 88.6 cm³/mol. The molecule has 3 N–H and O–H groups in total. The maximum absolute atomic E-state index is 11.9. The lowest BCUT2D eigenvalue weighted by atomic mass is 10.0. The van der Waals surface area contributed by atoms with Crippen molar-refractivity contribution < 1.29 is 9.90 Å². The van der Waals surface area contributed by atoms with E-state index in [0.29, 0.717) is 11.3 Å². The highest BCUT2D eigenvalue weighted by Gasteiger charge is 2.11. The maximum atomic E-state index is 11.9. The van der Waals surface area contributed by atoms with Crippen molar-refractivity contribution in [1.82, 2.24) is 15.6 Å². The number of aryl methyl sites for hydroxylation is 1. The summed E-state index contributed by atoms with van der Waals surface area (Å²) >= 11 is 0. The van der Waals surface area contributed by atoms with Gasteiger partial charge < -0.3 is 5.11 Å². The number of H-pyrrole nitrogens is 1. The Bertz CT molecular complexity index is 912. The molecule has 0 radical (unpaired) electrons. The molecule has 3 rings (SSSR count). The molecule has 0 fully saturated rings. The minimum Gasteiger partial charge on any atom is -0.507 e. The minimum atomic E-state index is -0.408. The number of rotatable bonds is 3. The van der Waals surface area contributed by atoms with Gasteiger partial charge in [-0.15, -0.1) is 0 Å². The molecule has 0 saturated heterocycles. The number of fused-ring (bicyclic) bond motifs is 1. The summed E-state index contributed by atoms with van der Waals surface area (Å²) in [5.41, 5.74) is 4.58. The monoisotopic (exact) mass is 308 g/mol. The highest BCUT2D eigenvalue weighted by molar-refractivity contribution is 6.06. The van der Waals surface area contributed by atoms with Crippen molar-refractivity contribution in [3.05, 3.63) is 59.4 Å². The molecular weight excluding hydrogens is 292 g/mol. The Hall–Kier alpha value is -3.15. The van der Waals surface area contributed by atoms with E-state index in [1.54, 1.807) is 19.1 Å². The Balaban J connectivity index is 1.86. The number of hydrogen-bond donors (Lipinski definition) is 3. The van der Waals surface area contributed by atoms with Crippen molar-refractivity contribution in [3.63, 3.8) is 0 Å². The van der Waals surface area contributed by atoms with Crippen LogP contribution >= 0.6 is 0 Å². The standard InChI is InChI=1S/C17H16N4O2/c1-10-9-15(20-18-10)17(23)21-19-11(2)13-8-7-12-5-3-4-6-14(12)16(13)22/h3-9,22H,1-2H3,(H,18,20)(H,21,23). The van der Waals surface area contributed by atoms with Gasteiger partial charge in [-0.05, 0) is 31.4 Å². The normalized spacial score (nSPS) is 11.7. The zero-order chi connectivity index (χ0) is 16.4. The highest BCUT2D eigenvalue weighted by Crippen LogP contribution is 2.28. The first-order valence-electron chi connectivity index (χ1n) is 7.14. The van der Waals surface area contributed by atoms with Crippen molar-refractivity contribution in [1.29, 1.82) is 0 Å². The first kappa shape index (κ1) is 14.8. The number of aromatic hydroxyl groups is 1. The van der Waals surface area contributed by atoms with E-state index in [-0.39, 0.29) is 11.4 Å². The summed E-state index contributed by atoms with van der Waals surface area (Å²) in [6, 6.07) is 12.9. The fourth-order valence-corrected chi connectivity index (χ4v) is 2.33. The van der Waals surface area contributed by atoms with Gasteiger partial charge in [0.05, 0.1) is 5.71 Å². The molecule has 0 aliphatic carbocycles. The molecule has 1 aromatic heterocycles. The van der Waals surface area contributed by atoms with Crippen molar-refractivity contribution in [2.45, 2.75) is 13.8 Å². The quantitative estimate of drug-likeness (QED) is 0.513. The first-order valence-corrected chi connectivity index (χ1v) is 7.14. The SMILES string of the molecule is CC(=NNC(=O)c1cc(C)[nH]n1)c1ccc2ccccc2c1O. The number of carbonyl (C=O) groups excluding carboxylic acids is 1. The van der Waals surface area contributed by atoms with Crippen LogP contribution in [-0.2, 0) is 0 Å². The molecule has 2 aromatic carbocycles. The molecule has 0 spiro atoms. The van der Waals surface area contributed by atoms with Gasteiger partial charge in [-0.1, -0.05) is 30.3 Å². The number of carbonyl (C=O) groups is 1. The zero-order valence-corrected chi connectivity index (χ0v) is 12.8. The van der Waals surface area contributed by atoms with Gasteiger partial charge in [0.15, 0.2) is 5.69 Å². The molecule has 0 unspecified atom stereocenters. The molecule has 23 heavy (non-hydrogen) atoms. The molecular formula is C17H16N4O2. The molecule has 116 valence electrons. The second kappa shape index (κ2) is 5.92. The third-order valence-corrected chi connectivity index (χ3v) is 3.55. The average molecular weight is 308 g/mol. The predicted octanol–water partition coefficient (Wildman–Crippen LogP) is 2.73. The lowest BCUT2D eigenvalue weighted by Gasteiger charge is -2.07. The van der Waals surface area contributed by atoms with Crippen LogP contribution in [0.4, 0.5) is 0 Å². The van der Waals surface area contributed by atoms with E-state index in [4.69, 9.17) is 0 Å². The van der Waals surface area contributed by atoms with E-state index in [1.165, 1.54) is 0 Å². The largest absolute Gasteiger partial charge is 0.507 e. The number of phenols is 1. The van der Waals surface area contributed by atoms with Gasteiger partial charge in [0, 0.05) is 16.6 Å². The summed E-state index contributed by atoms with van der Waals surface area (Å²) in [6.45, 7) is 3.53. The van der Waals surface area contributed by atoms with Crippen molar-refractivity contribution >= 4 is 22.4 Å². The molecule has 0 aliphatic rings. The van der Waals surface area contributed by atoms with Crippen LogP contribution in [0, 0.1) is 6.92 Å². The van der Waals surface area contributed by atoms with Gasteiger partial charge in [-0.3, -0.25) is 9.89 Å². The van der Waals surface area contributed by atoms with Crippen LogP contribution in [0.5, 0.6) is 5.75 Å². The summed E-state index contributed by atoms with van der Waals surface area (Å²) < 4.78 is 0. The lowest BCUT2D eigenvalue weighted by molar-refractivity contribution is 0.0950. The third-order valence-electron chi connectivity index (χ3n) is 3.55. The number of amides is 1. The Kier molecular flexibility index (Phi) is 3.80. The Morgan fingerprint density at radius 2 is 2.04 bits per heavy atom. The topological polar surface area (TPSA) is 90.4 Å². The van der Waals surface area contributed by atoms with Crippen LogP contribution in [0.3, 0.4) is 0 Å². The van der Waals surface area contributed by atoms with E-state index in [1.807, 2.05) is 37.3 Å². The summed E-state index contributed by atoms with van der Waals surface area (Å²) in [6.07, 6.45) is 0. The van der Waals surface area contributed by atoms with E-state index in [9.17, 15) is 9.90 Å². The van der Waals surface area contributed by atoms with Crippen LogP contribution < -0.4 is 5.43 Å². The first-order chi connectivity index (χ1) is 11.1. The second-order valence-electron chi connectivity index (χ2n) is 5.26. The third kappa shape index (κ3) is 2.91. The molecule has 6 nitrogen and oxygen atoms in total. The Labute approximate surface area is 132 Å². The fraction of sp³-hybridized carbons (Fsp3) is 0.118. The van der Waals surface area contributed by atoms with E-state index < -0.39 is 5.91 Å². The molecule has 0 aliphatic heterocycles. The summed E-state index contributed by atoms with van der Waals surface area (Å²) in [7, 11) is 0. The van der Waals surface area contributed by atoms with E-state index in [0.717, 1.165) is 16.5 Å². The number of nitrogens with one attached hydrogen (secondary N) is 2. The van der Waals surface area contributed by atoms with Gasteiger partial charge in [0.1, 0.15) is 5.75 Å². The molecule has 3 aromatic rings. The fourth-order valence-electron chi connectivity index (χ4n) is 2.33. The number of hydrogen-bond acceptors (Lipinski definition) is 4. The summed E-state index contributed by atoms with van der Waals surface area (Å²) in [4.78, 5) is 11.9. The van der Waals surface area contributed by atoms with Gasteiger partial charge >= 0.3 is 0 Å². The minimum absolute atomic E-state index is 0.147. The lowest BCUT2D eigenvalue weighted by Crippen LogP contribution is -2.19. The van der Waals surface area contributed by atoms with Crippen LogP contribution in [-0.4, -0.2) is 26.9 Å². The maximum Gasteiger partial charge on any atom is 0.291 e. The Morgan fingerprint density at radius 3 is 2.78 bits per heavy atom. The second-order valence-corrected chi connectivity index (χ2v) is 5.26. The van der Waals surface area contributed by atoms with Gasteiger partial charge in [0.25, 0.3) is 5.91 Å². The molecule has 0 bridgehead atoms. The van der Waals surface area contributed by atoms with Crippen LogP contribution in [0.2, 0.25) is 0 Å². The summed E-state index contributed by atoms with van der Waals surface area (Å²) in [5, 5.41) is 22.7. The van der Waals surface area contributed by atoms with Crippen molar-refractivity contribution in [2.24, 2.45) is 5.10 Å². The number of phenolic OH excluding ortho intramolecular Hbond substituents is 1. The number of aromatic amines is 1. The van der Waals surface area contributed by atoms with Crippen molar-refractivity contribution in [2.75, 3.05) is 0 Å². The van der Waals surface area contributed by atoms with Gasteiger partial charge in [-0.2, -0.15) is 10.2 Å². The molecule has 1 amide bonds. The smallest absolute Gasteiger partial charge is 0.291 e. The summed E-state index contributed by atoms with van der Waals surface area (Å²) in [5.74, 6) is -0.261. The van der Waals surface area contributed by atoms with Crippen LogP contribution in [0.15, 0.2) is 47.6 Å². The van der Waals surface area contributed by atoms with Crippen molar-refractivity contribution in [3.8, 4) is 5.75 Å². The molecule has 0 saturated carbocycles. The Morgan fingerprint density at radius 1 is 1.26 bits per heavy atom. The average Bonchev–Trinajstić information content (AvgIpc) is 2.99. The van der Waals surface area contributed by atoms with Crippen LogP contribution in [0.25, 0.3) is 10.8 Å². The van der Waals surface area contributed by atoms with Gasteiger partial charge in [-0.25, -0.2) is 5.43 Å². The number of benzene rings is 2. The number of nitrogens with zero attached hydrogens (tertiary/aromatic N) is 2. The van der Waals surface area contributed by atoms with E-state index >= 15 is 0 Å².